The maximum absolute atomic E-state index is 13.1. The highest BCUT2D eigenvalue weighted by atomic mass is 79.9. The van der Waals surface area contributed by atoms with E-state index in [1.807, 2.05) is 4.90 Å². The zero-order chi connectivity index (χ0) is 18.0. The second-order valence-corrected chi connectivity index (χ2v) is 7.60. The van der Waals surface area contributed by atoms with Crippen molar-refractivity contribution in [3.8, 4) is 0 Å². The number of hydrogen-bond donors (Lipinski definition) is 1. The fourth-order valence-corrected chi connectivity index (χ4v) is 4.30. The maximum atomic E-state index is 13.1. The van der Waals surface area contributed by atoms with Gasteiger partial charge in [-0.25, -0.2) is 0 Å². The number of benzene rings is 1. The van der Waals surface area contributed by atoms with E-state index in [1.54, 1.807) is 11.4 Å². The molecule has 134 valence electrons. The van der Waals surface area contributed by atoms with Gasteiger partial charge >= 0.3 is 6.18 Å². The summed E-state index contributed by atoms with van der Waals surface area (Å²) in [6.45, 7) is 1.55. The Labute approximate surface area is 156 Å². The van der Waals surface area contributed by atoms with Crippen molar-refractivity contribution in [1.29, 1.82) is 0 Å². The van der Waals surface area contributed by atoms with E-state index in [1.165, 1.54) is 17.4 Å². The summed E-state index contributed by atoms with van der Waals surface area (Å²) in [4.78, 5) is 14.9. The standard InChI is InChI=1S/C17H16BrF3N2OS/c18-12-6-9-25-15(12)16(24)22-13-10-11(17(19,20)21)4-5-14(13)23-7-2-1-3-8-23/h4-6,9-10H,1-3,7-8H2,(H,22,24). The van der Waals surface area contributed by atoms with Crippen LogP contribution in [0.4, 0.5) is 24.5 Å². The van der Waals surface area contributed by atoms with E-state index in [4.69, 9.17) is 0 Å². The van der Waals surface area contributed by atoms with E-state index >= 15 is 0 Å². The van der Waals surface area contributed by atoms with E-state index in [9.17, 15) is 18.0 Å². The number of carbonyl (C=O) groups is 1. The lowest BCUT2D eigenvalue weighted by atomic mass is 10.1. The Morgan fingerprint density at radius 3 is 2.48 bits per heavy atom. The summed E-state index contributed by atoms with van der Waals surface area (Å²) in [5.74, 6) is -0.417. The first-order valence-electron chi connectivity index (χ1n) is 7.87. The van der Waals surface area contributed by atoms with Crippen molar-refractivity contribution < 1.29 is 18.0 Å². The third-order valence-electron chi connectivity index (χ3n) is 4.09. The van der Waals surface area contributed by atoms with Crippen LogP contribution >= 0.6 is 27.3 Å². The molecule has 1 amide bonds. The molecule has 2 heterocycles. The van der Waals surface area contributed by atoms with Gasteiger partial charge in [0, 0.05) is 17.6 Å². The number of piperidine rings is 1. The molecule has 0 radical (unpaired) electrons. The predicted molar refractivity (Wildman–Crippen MR) is 97.5 cm³/mol. The summed E-state index contributed by atoms with van der Waals surface area (Å²) in [6.07, 6.45) is -1.36. The van der Waals surface area contributed by atoms with Crippen LogP contribution in [0.1, 0.15) is 34.5 Å². The molecule has 0 saturated carbocycles. The Balaban J connectivity index is 1.95. The molecule has 0 atom stereocenters. The van der Waals surface area contributed by atoms with Crippen molar-refractivity contribution in [2.24, 2.45) is 0 Å². The van der Waals surface area contributed by atoms with Crippen LogP contribution in [-0.2, 0) is 6.18 Å². The molecular formula is C17H16BrF3N2OS. The summed E-state index contributed by atoms with van der Waals surface area (Å²) in [6, 6.07) is 5.27. The van der Waals surface area contributed by atoms with Crippen molar-refractivity contribution in [3.63, 3.8) is 0 Å². The number of thiophene rings is 1. The average Bonchev–Trinajstić information content (AvgIpc) is 3.01. The Bertz CT molecular complexity index is 769. The minimum Gasteiger partial charge on any atom is -0.370 e. The Morgan fingerprint density at radius 1 is 1.16 bits per heavy atom. The molecule has 1 fully saturated rings. The first kappa shape index (κ1) is 18.3. The molecule has 1 saturated heterocycles. The first-order chi connectivity index (χ1) is 11.9. The molecular weight excluding hydrogens is 417 g/mol. The second kappa shape index (κ2) is 7.37. The van der Waals surface area contributed by atoms with Gasteiger partial charge in [-0.2, -0.15) is 13.2 Å². The van der Waals surface area contributed by atoms with Crippen LogP contribution in [0.2, 0.25) is 0 Å². The van der Waals surface area contributed by atoms with E-state index in [0.717, 1.165) is 44.5 Å². The van der Waals surface area contributed by atoms with Crippen LogP contribution in [0.15, 0.2) is 34.1 Å². The molecule has 0 unspecified atom stereocenters. The summed E-state index contributed by atoms with van der Waals surface area (Å²) in [5, 5.41) is 4.41. The Kier molecular flexibility index (Phi) is 5.38. The van der Waals surface area contributed by atoms with Crippen LogP contribution in [0, 0.1) is 0 Å². The summed E-state index contributed by atoms with van der Waals surface area (Å²) < 4.78 is 39.9. The lowest BCUT2D eigenvalue weighted by Gasteiger charge is -2.31. The molecule has 0 spiro atoms. The van der Waals surface area contributed by atoms with Gasteiger partial charge in [-0.15, -0.1) is 11.3 Å². The SMILES string of the molecule is O=C(Nc1cc(C(F)(F)F)ccc1N1CCCCC1)c1sccc1Br. The third kappa shape index (κ3) is 4.17. The molecule has 1 aromatic heterocycles. The van der Waals surface area contributed by atoms with Gasteiger partial charge in [0.25, 0.3) is 5.91 Å². The van der Waals surface area contributed by atoms with E-state index in [-0.39, 0.29) is 5.69 Å². The van der Waals surface area contributed by atoms with Gasteiger partial charge in [-0.05, 0) is 64.8 Å². The van der Waals surface area contributed by atoms with Crippen molar-refractivity contribution in [1.82, 2.24) is 0 Å². The number of nitrogens with zero attached hydrogens (tertiary/aromatic N) is 1. The topological polar surface area (TPSA) is 32.3 Å². The molecule has 3 rings (SSSR count). The Morgan fingerprint density at radius 2 is 1.88 bits per heavy atom. The van der Waals surface area contributed by atoms with Crippen molar-refractivity contribution in [2.45, 2.75) is 25.4 Å². The van der Waals surface area contributed by atoms with Crippen LogP contribution < -0.4 is 10.2 Å². The van der Waals surface area contributed by atoms with Gasteiger partial charge in [0.2, 0.25) is 0 Å². The minimum absolute atomic E-state index is 0.196. The van der Waals surface area contributed by atoms with Gasteiger partial charge in [0.1, 0.15) is 4.88 Å². The molecule has 1 N–H and O–H groups in total. The van der Waals surface area contributed by atoms with Gasteiger partial charge in [-0.1, -0.05) is 0 Å². The molecule has 0 aliphatic carbocycles. The largest absolute Gasteiger partial charge is 0.416 e. The Hall–Kier alpha value is -1.54. The highest BCUT2D eigenvalue weighted by Gasteiger charge is 2.32. The molecule has 1 aromatic carbocycles. The molecule has 2 aromatic rings. The third-order valence-corrected chi connectivity index (χ3v) is 5.93. The van der Waals surface area contributed by atoms with Gasteiger partial charge < -0.3 is 10.2 Å². The predicted octanol–water partition coefficient (Wildman–Crippen LogP) is 5.77. The number of alkyl halides is 3. The summed E-state index contributed by atoms with van der Waals surface area (Å²) in [5.41, 5.74) is 0.0598. The smallest absolute Gasteiger partial charge is 0.370 e. The lowest BCUT2D eigenvalue weighted by Crippen LogP contribution is -2.30. The summed E-state index contributed by atoms with van der Waals surface area (Å²) in [7, 11) is 0. The number of carbonyl (C=O) groups excluding carboxylic acids is 1. The number of nitrogens with one attached hydrogen (secondary N) is 1. The molecule has 0 bridgehead atoms. The van der Waals surface area contributed by atoms with Crippen LogP contribution in [-0.4, -0.2) is 19.0 Å². The second-order valence-electron chi connectivity index (χ2n) is 5.83. The minimum atomic E-state index is -4.45. The maximum Gasteiger partial charge on any atom is 0.416 e. The van der Waals surface area contributed by atoms with Crippen LogP contribution in [0.3, 0.4) is 0 Å². The first-order valence-corrected chi connectivity index (χ1v) is 9.54. The van der Waals surface area contributed by atoms with Gasteiger partial charge in [-0.3, -0.25) is 4.79 Å². The number of hydrogen-bond acceptors (Lipinski definition) is 3. The zero-order valence-corrected chi connectivity index (χ0v) is 15.6. The number of anilines is 2. The molecule has 1 aliphatic heterocycles. The highest BCUT2D eigenvalue weighted by molar-refractivity contribution is 9.10. The van der Waals surface area contributed by atoms with E-state index in [0.29, 0.717) is 15.0 Å². The van der Waals surface area contributed by atoms with E-state index < -0.39 is 17.6 Å². The average molecular weight is 433 g/mol. The van der Waals surface area contributed by atoms with Crippen molar-refractivity contribution in [3.05, 3.63) is 44.6 Å². The van der Waals surface area contributed by atoms with Crippen LogP contribution in [0.5, 0.6) is 0 Å². The van der Waals surface area contributed by atoms with E-state index in [2.05, 4.69) is 21.2 Å². The van der Waals surface area contributed by atoms with Crippen molar-refractivity contribution in [2.75, 3.05) is 23.3 Å². The molecule has 25 heavy (non-hydrogen) atoms. The number of amides is 1. The molecule has 8 heteroatoms. The monoisotopic (exact) mass is 432 g/mol. The zero-order valence-electron chi connectivity index (χ0n) is 13.2. The van der Waals surface area contributed by atoms with Gasteiger partial charge in [0.05, 0.1) is 16.9 Å². The fraction of sp³-hybridized carbons (Fsp3) is 0.353. The van der Waals surface area contributed by atoms with Gasteiger partial charge in [0.15, 0.2) is 0 Å². The lowest BCUT2D eigenvalue weighted by molar-refractivity contribution is -0.137. The number of halogens is 4. The highest BCUT2D eigenvalue weighted by Crippen LogP contribution is 2.37. The normalized spacial score (nSPS) is 15.3. The van der Waals surface area contributed by atoms with Crippen LogP contribution in [0.25, 0.3) is 0 Å². The summed E-state index contributed by atoms with van der Waals surface area (Å²) >= 11 is 4.51. The quantitative estimate of drug-likeness (QED) is 0.667. The molecule has 1 aliphatic rings. The molecule has 3 nitrogen and oxygen atoms in total. The number of rotatable bonds is 3. The fourth-order valence-electron chi connectivity index (χ4n) is 2.86. The van der Waals surface area contributed by atoms with Crippen molar-refractivity contribution >= 4 is 44.5 Å².